The molecule has 1 aliphatic rings. The van der Waals surface area contributed by atoms with E-state index in [0.717, 1.165) is 56.1 Å². The van der Waals surface area contributed by atoms with Gasteiger partial charge in [0.05, 0.1) is 7.11 Å². The molecule has 3 aromatic rings. The average molecular weight is 378 g/mol. The number of pyridine rings is 1. The fourth-order valence-electron chi connectivity index (χ4n) is 3.87. The first-order valence-electron chi connectivity index (χ1n) is 9.83. The molecule has 1 aliphatic heterocycles. The predicted molar refractivity (Wildman–Crippen MR) is 111 cm³/mol. The molecule has 1 aromatic carbocycles. The lowest BCUT2D eigenvalue weighted by molar-refractivity contribution is -0.131. The van der Waals surface area contributed by atoms with Crippen LogP contribution in [0, 0.1) is 0 Å². The van der Waals surface area contributed by atoms with Crippen LogP contribution in [0.5, 0.6) is 5.75 Å². The first-order chi connectivity index (χ1) is 13.8. The van der Waals surface area contributed by atoms with Crippen molar-refractivity contribution in [3.8, 4) is 5.75 Å². The van der Waals surface area contributed by atoms with Crippen molar-refractivity contribution < 1.29 is 9.53 Å². The van der Waals surface area contributed by atoms with E-state index in [4.69, 9.17) is 4.74 Å². The molecular weight excluding hydrogens is 352 g/mol. The number of H-pyrrole nitrogens is 1. The van der Waals surface area contributed by atoms with Crippen LogP contribution in [-0.4, -0.2) is 54.1 Å². The Hall–Kier alpha value is -3.02. The van der Waals surface area contributed by atoms with Crippen molar-refractivity contribution >= 4 is 22.6 Å². The smallest absolute Gasteiger partial charge is 0.222 e. The van der Waals surface area contributed by atoms with Crippen LogP contribution in [-0.2, 0) is 11.2 Å². The molecule has 0 spiro atoms. The quantitative estimate of drug-likeness (QED) is 0.715. The Morgan fingerprint density at radius 2 is 1.96 bits per heavy atom. The van der Waals surface area contributed by atoms with Crippen molar-refractivity contribution in [1.82, 2.24) is 14.9 Å². The molecule has 1 N–H and O–H groups in total. The van der Waals surface area contributed by atoms with Crippen molar-refractivity contribution in [2.45, 2.75) is 19.3 Å². The van der Waals surface area contributed by atoms with Crippen molar-refractivity contribution in [1.29, 1.82) is 0 Å². The van der Waals surface area contributed by atoms with E-state index in [1.54, 1.807) is 13.3 Å². The highest BCUT2D eigenvalue weighted by Crippen LogP contribution is 2.26. The second-order valence-electron chi connectivity index (χ2n) is 7.11. The van der Waals surface area contributed by atoms with Crippen LogP contribution >= 0.6 is 0 Å². The lowest BCUT2D eigenvalue weighted by Crippen LogP contribution is -2.49. The summed E-state index contributed by atoms with van der Waals surface area (Å²) in [6.07, 6.45) is 6.22. The maximum Gasteiger partial charge on any atom is 0.222 e. The molecule has 0 unspecified atom stereocenters. The summed E-state index contributed by atoms with van der Waals surface area (Å²) in [6.45, 7) is 3.01. The zero-order valence-corrected chi connectivity index (χ0v) is 16.2. The number of para-hydroxylation sites is 1. The van der Waals surface area contributed by atoms with Gasteiger partial charge in [0.1, 0.15) is 0 Å². The second kappa shape index (κ2) is 8.33. The van der Waals surface area contributed by atoms with E-state index in [1.165, 1.54) is 10.9 Å². The van der Waals surface area contributed by atoms with Crippen LogP contribution in [0.15, 0.2) is 48.8 Å². The Morgan fingerprint density at radius 1 is 1.14 bits per heavy atom. The predicted octanol–water partition coefficient (Wildman–Crippen LogP) is 3.24. The lowest BCUT2D eigenvalue weighted by atomic mass is 10.1. The number of methoxy groups -OCH3 is 1. The van der Waals surface area contributed by atoms with Crippen molar-refractivity contribution in [2.24, 2.45) is 0 Å². The summed E-state index contributed by atoms with van der Waals surface area (Å²) in [5.74, 6) is 1.88. The van der Waals surface area contributed by atoms with Gasteiger partial charge in [0, 0.05) is 55.9 Å². The van der Waals surface area contributed by atoms with Gasteiger partial charge in [0.25, 0.3) is 0 Å². The number of piperazine rings is 1. The standard InChI is InChI=1S/C22H26N4O2/c1-28-20-9-5-11-23-22(20)26-14-12-25(13-15-26)21(27)10-4-6-17-16-24-19-8-3-2-7-18(17)19/h2-3,5,7-9,11,16,24H,4,6,10,12-15H2,1H3. The molecular formula is C22H26N4O2. The molecule has 0 bridgehead atoms. The molecule has 1 amide bonds. The molecule has 2 aromatic heterocycles. The van der Waals surface area contributed by atoms with Gasteiger partial charge in [0.2, 0.25) is 5.91 Å². The Balaban J connectivity index is 1.27. The number of fused-ring (bicyclic) bond motifs is 1. The van der Waals surface area contributed by atoms with E-state index in [1.807, 2.05) is 23.1 Å². The van der Waals surface area contributed by atoms with Crippen LogP contribution < -0.4 is 9.64 Å². The van der Waals surface area contributed by atoms with Gasteiger partial charge < -0.3 is 19.5 Å². The highest BCUT2D eigenvalue weighted by Gasteiger charge is 2.23. The van der Waals surface area contributed by atoms with Gasteiger partial charge in [-0.3, -0.25) is 4.79 Å². The molecule has 0 saturated carbocycles. The van der Waals surface area contributed by atoms with Crippen LogP contribution in [0.2, 0.25) is 0 Å². The molecule has 1 fully saturated rings. The molecule has 3 heterocycles. The van der Waals surface area contributed by atoms with Crippen molar-refractivity contribution in [3.05, 3.63) is 54.4 Å². The van der Waals surface area contributed by atoms with E-state index < -0.39 is 0 Å². The maximum atomic E-state index is 12.6. The summed E-state index contributed by atoms with van der Waals surface area (Å²) in [4.78, 5) is 24.5. The zero-order chi connectivity index (χ0) is 19.3. The van der Waals surface area contributed by atoms with Gasteiger partial charge in [-0.2, -0.15) is 0 Å². The van der Waals surface area contributed by atoms with Gasteiger partial charge in [-0.05, 0) is 36.6 Å². The molecule has 6 heteroatoms. The number of hydrogen-bond donors (Lipinski definition) is 1. The van der Waals surface area contributed by atoms with Crippen LogP contribution in [0.1, 0.15) is 18.4 Å². The molecule has 1 saturated heterocycles. The van der Waals surface area contributed by atoms with Gasteiger partial charge in [-0.25, -0.2) is 4.98 Å². The number of aryl methyl sites for hydroxylation is 1. The SMILES string of the molecule is COc1cccnc1N1CCN(C(=O)CCCc2c[nH]c3ccccc23)CC1. The third kappa shape index (κ3) is 3.81. The first kappa shape index (κ1) is 18.3. The fourth-order valence-corrected chi connectivity index (χ4v) is 3.87. The zero-order valence-electron chi connectivity index (χ0n) is 16.2. The molecule has 146 valence electrons. The highest BCUT2D eigenvalue weighted by atomic mass is 16.5. The fraction of sp³-hybridized carbons (Fsp3) is 0.364. The molecule has 0 atom stereocenters. The summed E-state index contributed by atoms with van der Waals surface area (Å²) < 4.78 is 5.40. The number of carbonyl (C=O) groups is 1. The summed E-state index contributed by atoms with van der Waals surface area (Å²) in [5, 5.41) is 1.26. The van der Waals surface area contributed by atoms with Gasteiger partial charge in [0.15, 0.2) is 11.6 Å². The number of amides is 1. The van der Waals surface area contributed by atoms with E-state index in [0.29, 0.717) is 6.42 Å². The Bertz CT molecular complexity index is 944. The third-order valence-electron chi connectivity index (χ3n) is 5.41. The van der Waals surface area contributed by atoms with Crippen molar-refractivity contribution in [3.63, 3.8) is 0 Å². The summed E-state index contributed by atoms with van der Waals surface area (Å²) in [6, 6.07) is 12.1. The van der Waals surface area contributed by atoms with Gasteiger partial charge in [-0.15, -0.1) is 0 Å². The number of aromatic amines is 1. The van der Waals surface area contributed by atoms with Crippen molar-refractivity contribution in [2.75, 3.05) is 38.2 Å². The van der Waals surface area contributed by atoms with Crippen LogP contribution in [0.3, 0.4) is 0 Å². The Labute approximate surface area is 165 Å². The Kier molecular flexibility index (Phi) is 5.46. The third-order valence-corrected chi connectivity index (χ3v) is 5.41. The lowest BCUT2D eigenvalue weighted by Gasteiger charge is -2.35. The summed E-state index contributed by atoms with van der Waals surface area (Å²) in [7, 11) is 1.66. The number of benzene rings is 1. The number of ether oxygens (including phenoxy) is 1. The van der Waals surface area contributed by atoms with Crippen LogP contribution in [0.25, 0.3) is 10.9 Å². The summed E-state index contributed by atoms with van der Waals surface area (Å²) in [5.41, 5.74) is 2.44. The monoisotopic (exact) mass is 378 g/mol. The topological polar surface area (TPSA) is 61.5 Å². The second-order valence-corrected chi connectivity index (χ2v) is 7.11. The first-order valence-corrected chi connectivity index (χ1v) is 9.83. The van der Waals surface area contributed by atoms with Gasteiger partial charge >= 0.3 is 0 Å². The number of aromatic nitrogens is 2. The molecule has 0 radical (unpaired) electrons. The maximum absolute atomic E-state index is 12.6. The molecule has 6 nitrogen and oxygen atoms in total. The largest absolute Gasteiger partial charge is 0.493 e. The minimum atomic E-state index is 0.243. The minimum Gasteiger partial charge on any atom is -0.493 e. The normalized spacial score (nSPS) is 14.5. The van der Waals surface area contributed by atoms with Gasteiger partial charge in [-0.1, -0.05) is 18.2 Å². The number of carbonyl (C=O) groups excluding carboxylic acids is 1. The number of nitrogens with zero attached hydrogens (tertiary/aromatic N) is 3. The van der Waals surface area contributed by atoms with E-state index >= 15 is 0 Å². The number of nitrogens with one attached hydrogen (secondary N) is 1. The molecule has 0 aliphatic carbocycles. The minimum absolute atomic E-state index is 0.243. The Morgan fingerprint density at radius 3 is 2.79 bits per heavy atom. The number of hydrogen-bond acceptors (Lipinski definition) is 4. The average Bonchev–Trinajstić information content (AvgIpc) is 3.17. The van der Waals surface area contributed by atoms with E-state index in [9.17, 15) is 4.79 Å². The van der Waals surface area contributed by atoms with E-state index in [-0.39, 0.29) is 5.91 Å². The highest BCUT2D eigenvalue weighted by molar-refractivity contribution is 5.83. The number of anilines is 1. The van der Waals surface area contributed by atoms with E-state index in [2.05, 4.69) is 39.3 Å². The summed E-state index contributed by atoms with van der Waals surface area (Å²) >= 11 is 0. The molecule has 4 rings (SSSR count). The van der Waals surface area contributed by atoms with Crippen LogP contribution in [0.4, 0.5) is 5.82 Å². The molecule has 28 heavy (non-hydrogen) atoms. The number of rotatable bonds is 6.